The van der Waals surface area contributed by atoms with Crippen molar-refractivity contribution < 1.29 is 4.42 Å². The van der Waals surface area contributed by atoms with E-state index < -0.39 is 0 Å². The normalized spacial score (nSPS) is 14.5. The van der Waals surface area contributed by atoms with Crippen LogP contribution in [-0.2, 0) is 10.8 Å². The van der Waals surface area contributed by atoms with E-state index in [1.807, 2.05) is 0 Å². The van der Waals surface area contributed by atoms with Gasteiger partial charge in [-0.25, -0.2) is 0 Å². The van der Waals surface area contributed by atoms with Gasteiger partial charge in [0.2, 0.25) is 0 Å². The standard InChI is InChI=1S/C56H41NO/c1-55(2)47-21-11-9-17-40(47)42-28-26-37(31-49(42)55)57(38-27-29-43-41-18-10-12-22-48(41)56(3,4)50(43)32-38)51-23-13-20-45-53-44-19-8-7-16-39(44)46(33-52(53)58-54(45)51)36-25-24-34-14-5-6-15-35(34)30-36/h5-33H,1-4H3. The fraction of sp³-hybridized carbons (Fsp3) is 0.107. The number of benzene rings is 9. The van der Waals surface area contributed by atoms with Gasteiger partial charge in [0.05, 0.1) is 5.69 Å². The monoisotopic (exact) mass is 743 g/mol. The Morgan fingerprint density at radius 2 is 0.948 bits per heavy atom. The maximum Gasteiger partial charge on any atom is 0.159 e. The van der Waals surface area contributed by atoms with Crippen molar-refractivity contribution in [3.8, 4) is 33.4 Å². The zero-order chi connectivity index (χ0) is 38.9. The number of nitrogens with zero attached hydrogens (tertiary/aromatic N) is 1. The fourth-order valence-electron chi connectivity index (χ4n) is 10.5. The lowest BCUT2D eigenvalue weighted by Gasteiger charge is -2.29. The topological polar surface area (TPSA) is 16.4 Å². The molecule has 0 spiro atoms. The smallest absolute Gasteiger partial charge is 0.159 e. The van der Waals surface area contributed by atoms with Gasteiger partial charge < -0.3 is 9.32 Å². The molecule has 0 fully saturated rings. The Labute approximate surface area is 338 Å². The van der Waals surface area contributed by atoms with E-state index in [4.69, 9.17) is 4.42 Å². The molecule has 0 atom stereocenters. The molecule has 2 nitrogen and oxygen atoms in total. The highest BCUT2D eigenvalue weighted by Gasteiger charge is 2.38. The van der Waals surface area contributed by atoms with Crippen molar-refractivity contribution in [3.05, 3.63) is 198 Å². The Morgan fingerprint density at radius 1 is 0.397 bits per heavy atom. The van der Waals surface area contributed by atoms with Crippen LogP contribution < -0.4 is 4.90 Å². The number of para-hydroxylation sites is 1. The molecule has 0 unspecified atom stereocenters. The van der Waals surface area contributed by atoms with Crippen LogP contribution in [0.3, 0.4) is 0 Å². The van der Waals surface area contributed by atoms with E-state index in [1.54, 1.807) is 0 Å². The van der Waals surface area contributed by atoms with Gasteiger partial charge in [-0.3, -0.25) is 0 Å². The van der Waals surface area contributed by atoms with E-state index in [0.29, 0.717) is 0 Å². The summed E-state index contributed by atoms with van der Waals surface area (Å²) in [5, 5.41) is 7.14. The lowest BCUT2D eigenvalue weighted by atomic mass is 9.82. The Kier molecular flexibility index (Phi) is 6.78. The Morgan fingerprint density at radius 3 is 1.62 bits per heavy atom. The van der Waals surface area contributed by atoms with E-state index in [2.05, 4.69) is 209 Å². The van der Waals surface area contributed by atoms with Crippen molar-refractivity contribution in [1.82, 2.24) is 0 Å². The van der Waals surface area contributed by atoms with Crippen LogP contribution >= 0.6 is 0 Å². The average molecular weight is 744 g/mol. The maximum atomic E-state index is 7.19. The molecule has 0 amide bonds. The van der Waals surface area contributed by atoms with Gasteiger partial charge >= 0.3 is 0 Å². The maximum absolute atomic E-state index is 7.19. The predicted molar refractivity (Wildman–Crippen MR) is 244 cm³/mol. The van der Waals surface area contributed by atoms with Crippen LogP contribution in [0.5, 0.6) is 0 Å². The van der Waals surface area contributed by atoms with Crippen molar-refractivity contribution in [2.45, 2.75) is 38.5 Å². The summed E-state index contributed by atoms with van der Waals surface area (Å²) in [6, 6.07) is 65.0. The minimum absolute atomic E-state index is 0.140. The second-order valence-corrected chi connectivity index (χ2v) is 17.3. The first-order valence-electron chi connectivity index (χ1n) is 20.4. The highest BCUT2D eigenvalue weighted by Crippen LogP contribution is 2.54. The number of fused-ring (bicyclic) bond motifs is 12. The Balaban J connectivity index is 1.11. The van der Waals surface area contributed by atoms with Gasteiger partial charge in [0.25, 0.3) is 0 Å². The first-order valence-corrected chi connectivity index (χ1v) is 20.4. The van der Waals surface area contributed by atoms with Crippen molar-refractivity contribution in [3.63, 3.8) is 0 Å². The number of rotatable bonds is 4. The van der Waals surface area contributed by atoms with Crippen LogP contribution in [0.4, 0.5) is 17.1 Å². The molecule has 0 bridgehead atoms. The second-order valence-electron chi connectivity index (χ2n) is 17.3. The summed E-state index contributed by atoms with van der Waals surface area (Å²) >= 11 is 0. The molecule has 58 heavy (non-hydrogen) atoms. The van der Waals surface area contributed by atoms with E-state index in [-0.39, 0.29) is 10.8 Å². The van der Waals surface area contributed by atoms with Crippen molar-refractivity contribution in [2.75, 3.05) is 4.90 Å². The van der Waals surface area contributed by atoms with Gasteiger partial charge in [-0.1, -0.05) is 161 Å². The van der Waals surface area contributed by atoms with Crippen LogP contribution in [0, 0.1) is 0 Å². The van der Waals surface area contributed by atoms with Crippen LogP contribution in [0.2, 0.25) is 0 Å². The van der Waals surface area contributed by atoms with Crippen molar-refractivity contribution >= 4 is 60.5 Å². The van der Waals surface area contributed by atoms with Gasteiger partial charge in [0, 0.05) is 33.0 Å². The third-order valence-corrected chi connectivity index (χ3v) is 13.4. The molecule has 12 rings (SSSR count). The van der Waals surface area contributed by atoms with Crippen LogP contribution in [-0.4, -0.2) is 0 Å². The van der Waals surface area contributed by atoms with Gasteiger partial charge in [0.15, 0.2) is 5.58 Å². The molecule has 2 aliphatic rings. The third-order valence-electron chi connectivity index (χ3n) is 13.4. The minimum atomic E-state index is -0.140. The molecule has 276 valence electrons. The number of hydrogen-bond donors (Lipinski definition) is 0. The lowest BCUT2D eigenvalue weighted by Crippen LogP contribution is -2.18. The Bertz CT molecular complexity index is 3250. The lowest BCUT2D eigenvalue weighted by molar-refractivity contribution is 0.659. The molecule has 0 saturated carbocycles. The number of furan rings is 1. The van der Waals surface area contributed by atoms with E-state index in [0.717, 1.165) is 39.0 Å². The van der Waals surface area contributed by atoms with Gasteiger partial charge in [-0.15, -0.1) is 0 Å². The summed E-state index contributed by atoms with van der Waals surface area (Å²) in [5.74, 6) is 0. The molecule has 2 heteroatoms. The highest BCUT2D eigenvalue weighted by atomic mass is 16.3. The summed E-state index contributed by atoms with van der Waals surface area (Å²) < 4.78 is 7.19. The first-order chi connectivity index (χ1) is 28.3. The summed E-state index contributed by atoms with van der Waals surface area (Å²) in [7, 11) is 0. The van der Waals surface area contributed by atoms with E-state index in [9.17, 15) is 0 Å². The van der Waals surface area contributed by atoms with Crippen molar-refractivity contribution in [1.29, 1.82) is 0 Å². The molecule has 9 aromatic carbocycles. The highest BCUT2D eigenvalue weighted by molar-refractivity contribution is 6.24. The molecular formula is C56H41NO. The van der Waals surface area contributed by atoms with Gasteiger partial charge in [-0.2, -0.15) is 0 Å². The summed E-state index contributed by atoms with van der Waals surface area (Å²) in [6.07, 6.45) is 0. The predicted octanol–water partition coefficient (Wildman–Crippen LogP) is 15.6. The molecule has 2 aliphatic carbocycles. The minimum Gasteiger partial charge on any atom is -0.454 e. The molecule has 1 aromatic heterocycles. The van der Waals surface area contributed by atoms with Crippen LogP contribution in [0.1, 0.15) is 49.9 Å². The zero-order valence-electron chi connectivity index (χ0n) is 33.1. The van der Waals surface area contributed by atoms with Crippen molar-refractivity contribution in [2.24, 2.45) is 0 Å². The summed E-state index contributed by atoms with van der Waals surface area (Å²) in [4.78, 5) is 2.44. The van der Waals surface area contributed by atoms with Gasteiger partial charge in [0.1, 0.15) is 5.58 Å². The number of hydrogen-bond acceptors (Lipinski definition) is 2. The third kappa shape index (κ3) is 4.54. The fourth-order valence-corrected chi connectivity index (χ4v) is 10.5. The van der Waals surface area contributed by atoms with Crippen LogP contribution in [0.15, 0.2) is 180 Å². The second kappa shape index (κ2) is 11.8. The Hall–Kier alpha value is -6.90. The van der Waals surface area contributed by atoms with E-state index >= 15 is 0 Å². The molecule has 1 heterocycles. The molecule has 10 aromatic rings. The molecular weight excluding hydrogens is 703 g/mol. The average Bonchev–Trinajstić information content (AvgIpc) is 3.83. The SMILES string of the molecule is CC1(C)c2ccccc2-c2ccc(N(c3ccc4c(c3)C(C)(C)c3ccccc3-4)c3cccc4c3oc3cc(-c5ccc6ccccc6c5)c5ccccc5c34)cc21. The number of anilines is 3. The van der Waals surface area contributed by atoms with E-state index in [1.165, 1.54) is 77.2 Å². The summed E-state index contributed by atoms with van der Waals surface area (Å²) in [6.45, 7) is 9.44. The molecule has 0 aliphatic heterocycles. The summed E-state index contributed by atoms with van der Waals surface area (Å²) in [5.41, 5.74) is 17.8. The zero-order valence-corrected chi connectivity index (χ0v) is 33.1. The largest absolute Gasteiger partial charge is 0.454 e. The van der Waals surface area contributed by atoms with Gasteiger partial charge in [-0.05, 0) is 120 Å². The first kappa shape index (κ1) is 33.3. The molecule has 0 saturated heterocycles. The quantitative estimate of drug-likeness (QED) is 0.178. The molecule has 0 radical (unpaired) electrons. The molecule has 0 N–H and O–H groups in total. The van der Waals surface area contributed by atoms with Crippen LogP contribution in [0.25, 0.3) is 76.9 Å².